The Kier molecular flexibility index (Phi) is 5.64. The molecule has 0 bridgehead atoms. The maximum atomic E-state index is 12.0. The predicted octanol–water partition coefficient (Wildman–Crippen LogP) is 1.26. The minimum Gasteiger partial charge on any atom is -0.338 e. The minimum atomic E-state index is -3.16. The molecule has 2 rings (SSSR count). The van der Waals surface area contributed by atoms with Gasteiger partial charge in [0, 0.05) is 31.7 Å². The third kappa shape index (κ3) is 4.93. The number of aromatic nitrogens is 2. The van der Waals surface area contributed by atoms with Crippen molar-refractivity contribution in [2.75, 3.05) is 31.2 Å². The normalized spacial score (nSPS) is 19.7. The summed E-state index contributed by atoms with van der Waals surface area (Å²) in [5.41, 5.74) is 0. The van der Waals surface area contributed by atoms with Gasteiger partial charge in [0.15, 0.2) is 0 Å². The summed E-state index contributed by atoms with van der Waals surface area (Å²) in [6, 6.07) is 1.59. The molecule has 2 N–H and O–H groups in total. The van der Waals surface area contributed by atoms with Crippen LogP contribution in [0.5, 0.6) is 0 Å². The molecule has 130 valence electrons. The molecule has 1 saturated heterocycles. The van der Waals surface area contributed by atoms with Gasteiger partial charge in [-0.2, -0.15) is 5.10 Å². The van der Waals surface area contributed by atoms with E-state index in [1.165, 1.54) is 10.6 Å². The molecule has 1 aliphatic heterocycles. The first kappa shape index (κ1) is 17.7. The molecule has 1 atom stereocenters. The zero-order valence-corrected chi connectivity index (χ0v) is 14.6. The van der Waals surface area contributed by atoms with E-state index >= 15 is 0 Å². The number of amides is 2. The van der Waals surface area contributed by atoms with Crippen LogP contribution in [0.3, 0.4) is 0 Å². The van der Waals surface area contributed by atoms with Crippen LogP contribution in [0, 0.1) is 5.92 Å². The van der Waals surface area contributed by atoms with Crippen LogP contribution in [-0.2, 0) is 10.0 Å². The molecule has 0 saturated carbocycles. The van der Waals surface area contributed by atoms with Gasteiger partial charge in [0.1, 0.15) is 5.82 Å². The molecule has 0 spiro atoms. The van der Waals surface area contributed by atoms with Gasteiger partial charge in [-0.05, 0) is 32.6 Å². The smallest absolute Gasteiger partial charge is 0.320 e. The Labute approximate surface area is 137 Å². The summed E-state index contributed by atoms with van der Waals surface area (Å²) in [6.45, 7) is 5.45. The van der Waals surface area contributed by atoms with Crippen LogP contribution >= 0.6 is 0 Å². The van der Waals surface area contributed by atoms with Crippen molar-refractivity contribution < 1.29 is 13.2 Å². The molecule has 0 radical (unpaired) electrons. The molecule has 1 aromatic rings. The van der Waals surface area contributed by atoms with Crippen LogP contribution < -0.4 is 10.6 Å². The Bertz CT molecular complexity index is 641. The van der Waals surface area contributed by atoms with Crippen molar-refractivity contribution in [2.45, 2.75) is 32.7 Å². The minimum absolute atomic E-state index is 0.138. The molecule has 1 unspecified atom stereocenters. The lowest BCUT2D eigenvalue weighted by Crippen LogP contribution is -2.44. The number of nitrogens with zero attached hydrogens (tertiary/aromatic N) is 3. The number of urea groups is 1. The molecule has 9 heteroatoms. The standard InChI is InChI=1S/C14H25N5O3S/c1-11(2)19-13(6-7-16-19)17-14(20)15-9-12-5-4-8-18(10-12)23(3,21)22/h6-7,11-12H,4-5,8-10H2,1-3H3,(H2,15,17,20). The van der Waals surface area contributed by atoms with Crippen LogP contribution in [0.1, 0.15) is 32.7 Å². The molecular formula is C14H25N5O3S. The van der Waals surface area contributed by atoms with E-state index in [1.807, 2.05) is 13.8 Å². The maximum absolute atomic E-state index is 12.0. The number of hydrogen-bond donors (Lipinski definition) is 2. The second-order valence-corrected chi connectivity index (χ2v) is 8.20. The van der Waals surface area contributed by atoms with E-state index in [-0.39, 0.29) is 18.0 Å². The van der Waals surface area contributed by atoms with Gasteiger partial charge in [-0.1, -0.05) is 0 Å². The Morgan fingerprint density at radius 1 is 1.48 bits per heavy atom. The lowest BCUT2D eigenvalue weighted by atomic mass is 10.00. The molecule has 1 aromatic heterocycles. The topological polar surface area (TPSA) is 96.3 Å². The van der Waals surface area contributed by atoms with E-state index in [1.54, 1.807) is 16.9 Å². The van der Waals surface area contributed by atoms with Gasteiger partial charge < -0.3 is 5.32 Å². The number of carbonyl (C=O) groups excluding carboxylic acids is 1. The highest BCUT2D eigenvalue weighted by Crippen LogP contribution is 2.18. The summed E-state index contributed by atoms with van der Waals surface area (Å²) >= 11 is 0. The SMILES string of the molecule is CC(C)n1nccc1NC(=O)NCC1CCCN(S(C)(=O)=O)C1. The average Bonchev–Trinajstić information content (AvgIpc) is 2.93. The van der Waals surface area contributed by atoms with E-state index in [0.717, 1.165) is 12.8 Å². The van der Waals surface area contributed by atoms with Gasteiger partial charge in [0.05, 0.1) is 12.5 Å². The van der Waals surface area contributed by atoms with E-state index in [4.69, 9.17) is 0 Å². The average molecular weight is 343 g/mol. The first-order chi connectivity index (χ1) is 10.8. The number of sulfonamides is 1. The zero-order valence-electron chi connectivity index (χ0n) is 13.8. The van der Waals surface area contributed by atoms with Crippen molar-refractivity contribution in [1.82, 2.24) is 19.4 Å². The summed E-state index contributed by atoms with van der Waals surface area (Å²) in [4.78, 5) is 12.0. The maximum Gasteiger partial charge on any atom is 0.320 e. The summed E-state index contributed by atoms with van der Waals surface area (Å²) in [5.74, 6) is 0.776. The first-order valence-electron chi connectivity index (χ1n) is 7.81. The first-order valence-corrected chi connectivity index (χ1v) is 9.65. The highest BCUT2D eigenvalue weighted by Gasteiger charge is 2.26. The van der Waals surface area contributed by atoms with Crippen LogP contribution in [-0.4, -0.2) is 54.4 Å². The monoisotopic (exact) mass is 343 g/mol. The van der Waals surface area contributed by atoms with Crippen LogP contribution in [0.2, 0.25) is 0 Å². The third-order valence-electron chi connectivity index (χ3n) is 3.90. The number of rotatable bonds is 5. The quantitative estimate of drug-likeness (QED) is 0.841. The van der Waals surface area contributed by atoms with Crippen molar-refractivity contribution in [3.8, 4) is 0 Å². The molecule has 2 heterocycles. The van der Waals surface area contributed by atoms with Gasteiger partial charge in [-0.3, -0.25) is 5.32 Å². The Morgan fingerprint density at radius 3 is 2.87 bits per heavy atom. The highest BCUT2D eigenvalue weighted by molar-refractivity contribution is 7.88. The molecule has 1 aliphatic rings. The fourth-order valence-corrected chi connectivity index (χ4v) is 3.66. The number of carbonyl (C=O) groups is 1. The molecule has 23 heavy (non-hydrogen) atoms. The largest absolute Gasteiger partial charge is 0.338 e. The lowest BCUT2D eigenvalue weighted by molar-refractivity contribution is 0.239. The second kappa shape index (κ2) is 7.31. The van der Waals surface area contributed by atoms with Gasteiger partial charge in [0.2, 0.25) is 10.0 Å². The zero-order chi connectivity index (χ0) is 17.0. The number of anilines is 1. The van der Waals surface area contributed by atoms with Crippen molar-refractivity contribution in [3.63, 3.8) is 0 Å². The molecule has 0 aliphatic carbocycles. The predicted molar refractivity (Wildman–Crippen MR) is 88.8 cm³/mol. The van der Waals surface area contributed by atoms with Crippen molar-refractivity contribution in [3.05, 3.63) is 12.3 Å². The van der Waals surface area contributed by atoms with Gasteiger partial charge in [0.25, 0.3) is 0 Å². The fourth-order valence-electron chi connectivity index (χ4n) is 2.72. The van der Waals surface area contributed by atoms with Crippen molar-refractivity contribution in [1.29, 1.82) is 0 Å². The van der Waals surface area contributed by atoms with E-state index in [2.05, 4.69) is 15.7 Å². The molecule has 1 fully saturated rings. The number of nitrogens with one attached hydrogen (secondary N) is 2. The molecule has 2 amide bonds. The Balaban J connectivity index is 1.83. The molecular weight excluding hydrogens is 318 g/mol. The second-order valence-electron chi connectivity index (χ2n) is 6.22. The summed E-state index contributed by atoms with van der Waals surface area (Å²) < 4.78 is 26.4. The van der Waals surface area contributed by atoms with Gasteiger partial charge in [-0.15, -0.1) is 0 Å². The Hall–Kier alpha value is -1.61. The summed E-state index contributed by atoms with van der Waals surface area (Å²) in [5, 5.41) is 9.74. The van der Waals surface area contributed by atoms with E-state index in [9.17, 15) is 13.2 Å². The number of hydrogen-bond acceptors (Lipinski definition) is 4. The van der Waals surface area contributed by atoms with Crippen LogP contribution in [0.15, 0.2) is 12.3 Å². The summed E-state index contributed by atoms with van der Waals surface area (Å²) in [7, 11) is -3.16. The third-order valence-corrected chi connectivity index (χ3v) is 5.17. The molecule has 0 aromatic carbocycles. The fraction of sp³-hybridized carbons (Fsp3) is 0.714. The highest BCUT2D eigenvalue weighted by atomic mass is 32.2. The van der Waals surface area contributed by atoms with Crippen LogP contribution in [0.25, 0.3) is 0 Å². The van der Waals surface area contributed by atoms with Gasteiger partial charge in [-0.25, -0.2) is 22.2 Å². The van der Waals surface area contributed by atoms with E-state index < -0.39 is 10.0 Å². The van der Waals surface area contributed by atoms with E-state index in [0.29, 0.717) is 25.5 Å². The van der Waals surface area contributed by atoms with Crippen molar-refractivity contribution in [2.24, 2.45) is 5.92 Å². The Morgan fingerprint density at radius 2 is 2.22 bits per heavy atom. The van der Waals surface area contributed by atoms with Crippen LogP contribution in [0.4, 0.5) is 10.6 Å². The lowest BCUT2D eigenvalue weighted by Gasteiger charge is -2.30. The van der Waals surface area contributed by atoms with Gasteiger partial charge >= 0.3 is 6.03 Å². The summed E-state index contributed by atoms with van der Waals surface area (Å²) in [6.07, 6.45) is 4.60. The van der Waals surface area contributed by atoms with Crippen molar-refractivity contribution >= 4 is 21.9 Å². The molecule has 8 nitrogen and oxygen atoms in total. The number of piperidine rings is 1.